The van der Waals surface area contributed by atoms with Crippen LogP contribution in [0.2, 0.25) is 0 Å². The molecule has 2 N–H and O–H groups in total. The number of aryl methyl sites for hydroxylation is 2. The van der Waals surface area contributed by atoms with E-state index < -0.39 is 11.2 Å². The number of aromatic amines is 1. The largest absolute Gasteiger partial charge is 0.354 e. The van der Waals surface area contributed by atoms with Crippen molar-refractivity contribution in [2.75, 3.05) is 19.6 Å². The minimum atomic E-state index is -0.421. The maximum absolute atomic E-state index is 12.4. The van der Waals surface area contributed by atoms with Crippen molar-refractivity contribution in [1.29, 1.82) is 0 Å². The van der Waals surface area contributed by atoms with E-state index in [0.29, 0.717) is 49.7 Å². The van der Waals surface area contributed by atoms with E-state index in [4.69, 9.17) is 0 Å². The molecule has 2 aromatic heterocycles. The number of nitrogens with zero attached hydrogens (tertiary/aromatic N) is 4. The second-order valence-corrected chi connectivity index (χ2v) is 6.27. The zero-order valence-electron chi connectivity index (χ0n) is 14.7. The van der Waals surface area contributed by atoms with Crippen LogP contribution in [0.3, 0.4) is 0 Å². The average molecular weight is 348 g/mol. The van der Waals surface area contributed by atoms with Gasteiger partial charge in [-0.15, -0.1) is 0 Å². The molecule has 3 rings (SSSR count). The van der Waals surface area contributed by atoms with Gasteiger partial charge in [-0.1, -0.05) is 13.3 Å². The van der Waals surface area contributed by atoms with Crippen LogP contribution in [-0.4, -0.2) is 49.5 Å². The van der Waals surface area contributed by atoms with E-state index in [1.54, 1.807) is 4.57 Å². The highest BCUT2D eigenvalue weighted by Crippen LogP contribution is 2.14. The number of unbranched alkanes of at least 4 members (excludes halogenated alkanes) is 1. The molecule has 9 nitrogen and oxygen atoms in total. The summed E-state index contributed by atoms with van der Waals surface area (Å²) in [5, 5.41) is 2.79. The maximum atomic E-state index is 12.4. The normalized spacial score (nSPS) is 15.7. The minimum Gasteiger partial charge on any atom is -0.354 e. The van der Waals surface area contributed by atoms with Crippen molar-refractivity contribution < 1.29 is 4.79 Å². The lowest BCUT2D eigenvalue weighted by Gasteiger charge is -2.26. The Labute approximate surface area is 144 Å². The fourth-order valence-electron chi connectivity index (χ4n) is 3.23. The average Bonchev–Trinajstić information content (AvgIpc) is 2.93. The van der Waals surface area contributed by atoms with Crippen LogP contribution in [0.5, 0.6) is 0 Å². The number of H-pyrrole nitrogens is 1. The molecular formula is C16H24N6O3. The van der Waals surface area contributed by atoms with Gasteiger partial charge in [-0.25, -0.2) is 9.78 Å². The molecule has 1 amide bonds. The molecule has 1 aliphatic rings. The number of nitrogens with one attached hydrogen (secondary N) is 2. The lowest BCUT2D eigenvalue weighted by Crippen LogP contribution is -2.47. The molecule has 0 bridgehead atoms. The summed E-state index contributed by atoms with van der Waals surface area (Å²) in [7, 11) is 0. The van der Waals surface area contributed by atoms with Crippen molar-refractivity contribution in [3.05, 3.63) is 26.7 Å². The fourth-order valence-corrected chi connectivity index (χ4v) is 3.23. The van der Waals surface area contributed by atoms with Gasteiger partial charge < -0.3 is 9.88 Å². The summed E-state index contributed by atoms with van der Waals surface area (Å²) in [5.74, 6) is 0.691. The van der Waals surface area contributed by atoms with Crippen molar-refractivity contribution in [1.82, 2.24) is 29.3 Å². The Morgan fingerprint density at radius 2 is 1.96 bits per heavy atom. The molecule has 0 atom stereocenters. The first kappa shape index (κ1) is 17.4. The second-order valence-electron chi connectivity index (χ2n) is 6.27. The Kier molecular flexibility index (Phi) is 5.03. The third-order valence-corrected chi connectivity index (χ3v) is 4.50. The van der Waals surface area contributed by atoms with Gasteiger partial charge >= 0.3 is 5.69 Å². The molecule has 0 radical (unpaired) electrons. The first-order chi connectivity index (χ1) is 12.0. The zero-order valence-corrected chi connectivity index (χ0v) is 14.7. The minimum absolute atomic E-state index is 0.0110. The third-order valence-electron chi connectivity index (χ3n) is 4.50. The number of piperazine rings is 1. The Morgan fingerprint density at radius 3 is 2.64 bits per heavy atom. The monoisotopic (exact) mass is 348 g/mol. The molecule has 0 spiro atoms. The number of aromatic nitrogens is 4. The van der Waals surface area contributed by atoms with Gasteiger partial charge in [0, 0.05) is 26.2 Å². The van der Waals surface area contributed by atoms with Gasteiger partial charge in [0.05, 0.1) is 13.1 Å². The number of carbonyl (C=O) groups is 1. The Hall–Kier alpha value is -2.42. The first-order valence-corrected chi connectivity index (χ1v) is 8.76. The predicted octanol–water partition coefficient (Wildman–Crippen LogP) is -0.362. The highest BCUT2D eigenvalue weighted by Gasteiger charge is 2.22. The molecule has 0 aromatic carbocycles. The van der Waals surface area contributed by atoms with Crippen LogP contribution in [0, 0.1) is 0 Å². The molecular weight excluding hydrogens is 324 g/mol. The Bertz CT molecular complexity index is 894. The second kappa shape index (κ2) is 7.22. The summed E-state index contributed by atoms with van der Waals surface area (Å²) >= 11 is 0. The SMILES string of the molecule is CCCCn1c(=O)[nH]c(=O)c2c1nc(CN1CCNC(=O)C1)n2CC. The molecule has 0 aliphatic carbocycles. The molecule has 9 heteroatoms. The number of rotatable bonds is 6. The van der Waals surface area contributed by atoms with Crippen molar-refractivity contribution in [2.45, 2.75) is 46.3 Å². The van der Waals surface area contributed by atoms with Gasteiger partial charge in [0.2, 0.25) is 5.91 Å². The van der Waals surface area contributed by atoms with Gasteiger partial charge in [-0.05, 0) is 13.3 Å². The van der Waals surface area contributed by atoms with E-state index in [0.717, 1.165) is 19.4 Å². The van der Waals surface area contributed by atoms with Gasteiger partial charge in [0.15, 0.2) is 11.2 Å². The molecule has 0 saturated carbocycles. The van der Waals surface area contributed by atoms with Gasteiger partial charge in [-0.3, -0.25) is 24.0 Å². The molecule has 1 saturated heterocycles. The van der Waals surface area contributed by atoms with Crippen molar-refractivity contribution in [2.24, 2.45) is 0 Å². The summed E-state index contributed by atoms with van der Waals surface area (Å²) in [6.45, 7) is 7.20. The summed E-state index contributed by atoms with van der Waals surface area (Å²) < 4.78 is 3.38. The molecule has 136 valence electrons. The zero-order chi connectivity index (χ0) is 18.0. The Balaban J connectivity index is 2.07. The molecule has 3 heterocycles. The van der Waals surface area contributed by atoms with Crippen LogP contribution in [0.15, 0.2) is 9.59 Å². The topological polar surface area (TPSA) is 105 Å². The van der Waals surface area contributed by atoms with E-state index in [2.05, 4.69) is 15.3 Å². The number of carbonyl (C=O) groups excluding carboxylic acids is 1. The highest BCUT2D eigenvalue weighted by molar-refractivity contribution is 5.78. The molecule has 0 unspecified atom stereocenters. The standard InChI is InChI=1S/C16H24N6O3/c1-3-5-7-22-14-13(15(24)19-16(22)25)21(4-2)11(18-14)9-20-8-6-17-12(23)10-20/h3-10H2,1-2H3,(H,17,23)(H,19,24,25). The molecule has 1 fully saturated rings. The number of hydrogen-bond donors (Lipinski definition) is 2. The van der Waals surface area contributed by atoms with Crippen molar-refractivity contribution in [3.63, 3.8) is 0 Å². The first-order valence-electron chi connectivity index (χ1n) is 8.76. The van der Waals surface area contributed by atoms with Crippen LogP contribution < -0.4 is 16.6 Å². The maximum Gasteiger partial charge on any atom is 0.330 e. The Morgan fingerprint density at radius 1 is 1.16 bits per heavy atom. The molecule has 1 aliphatic heterocycles. The van der Waals surface area contributed by atoms with Crippen LogP contribution in [0.4, 0.5) is 0 Å². The van der Waals surface area contributed by atoms with Crippen LogP contribution >= 0.6 is 0 Å². The van der Waals surface area contributed by atoms with Crippen molar-refractivity contribution >= 4 is 17.1 Å². The third kappa shape index (κ3) is 3.37. The lowest BCUT2D eigenvalue weighted by atomic mass is 10.3. The summed E-state index contributed by atoms with van der Waals surface area (Å²) in [6, 6.07) is 0. The smallest absolute Gasteiger partial charge is 0.330 e. The quantitative estimate of drug-likeness (QED) is 0.742. The van der Waals surface area contributed by atoms with Crippen LogP contribution in [0.25, 0.3) is 11.2 Å². The van der Waals surface area contributed by atoms with Gasteiger partial charge in [0.1, 0.15) is 5.82 Å². The van der Waals surface area contributed by atoms with Crippen molar-refractivity contribution in [3.8, 4) is 0 Å². The lowest BCUT2D eigenvalue weighted by molar-refractivity contribution is -0.124. The highest BCUT2D eigenvalue weighted by atomic mass is 16.2. The summed E-state index contributed by atoms with van der Waals surface area (Å²) in [6.07, 6.45) is 1.78. The predicted molar refractivity (Wildman–Crippen MR) is 93.5 cm³/mol. The number of fused-ring (bicyclic) bond motifs is 1. The van der Waals surface area contributed by atoms with Gasteiger partial charge in [0.25, 0.3) is 5.56 Å². The fraction of sp³-hybridized carbons (Fsp3) is 0.625. The van der Waals surface area contributed by atoms with Crippen LogP contribution in [-0.2, 0) is 24.4 Å². The summed E-state index contributed by atoms with van der Waals surface area (Å²) in [5.41, 5.74) is 0.0236. The van der Waals surface area contributed by atoms with Gasteiger partial charge in [-0.2, -0.15) is 0 Å². The van der Waals surface area contributed by atoms with E-state index >= 15 is 0 Å². The van der Waals surface area contributed by atoms with E-state index in [1.165, 1.54) is 0 Å². The van der Waals surface area contributed by atoms with E-state index in [-0.39, 0.29) is 5.91 Å². The van der Waals surface area contributed by atoms with Crippen LogP contribution in [0.1, 0.15) is 32.5 Å². The molecule has 25 heavy (non-hydrogen) atoms. The van der Waals surface area contributed by atoms with E-state index in [9.17, 15) is 14.4 Å². The van der Waals surface area contributed by atoms with E-state index in [1.807, 2.05) is 23.3 Å². The number of hydrogen-bond acceptors (Lipinski definition) is 5. The summed E-state index contributed by atoms with van der Waals surface area (Å²) in [4.78, 5) is 45.1. The number of amides is 1. The number of imidazole rings is 1. The molecule has 2 aromatic rings.